The van der Waals surface area contributed by atoms with Crippen molar-refractivity contribution in [1.29, 1.82) is 0 Å². The van der Waals surface area contributed by atoms with Crippen molar-refractivity contribution in [3.63, 3.8) is 0 Å². The first-order chi connectivity index (χ1) is 14.5. The number of ether oxygens (including phenoxy) is 1. The summed E-state index contributed by atoms with van der Waals surface area (Å²) in [6.07, 6.45) is 1.94. The molecule has 0 radical (unpaired) electrons. The molecule has 8 nitrogen and oxygen atoms in total. The number of thiazole rings is 1. The summed E-state index contributed by atoms with van der Waals surface area (Å²) in [5.41, 5.74) is 4.69. The van der Waals surface area contributed by atoms with Crippen LogP contribution in [-0.4, -0.2) is 50.3 Å². The van der Waals surface area contributed by atoms with Crippen LogP contribution in [0.2, 0.25) is 0 Å². The number of hydrogen-bond donors (Lipinski definition) is 1. The second kappa shape index (κ2) is 8.93. The van der Waals surface area contributed by atoms with Crippen LogP contribution in [0.1, 0.15) is 35.3 Å². The molecule has 3 aromatic rings. The summed E-state index contributed by atoms with van der Waals surface area (Å²) >= 11 is 1.57. The van der Waals surface area contributed by atoms with Gasteiger partial charge in [-0.1, -0.05) is 0 Å². The molecular weight excluding hydrogens is 400 g/mol. The highest BCUT2D eigenvalue weighted by Gasteiger charge is 2.26. The van der Waals surface area contributed by atoms with Gasteiger partial charge < -0.3 is 15.0 Å². The predicted octanol–water partition coefficient (Wildman–Crippen LogP) is 3.39. The van der Waals surface area contributed by atoms with E-state index in [0.717, 1.165) is 33.6 Å². The molecule has 1 saturated heterocycles. The molecule has 1 aliphatic rings. The zero-order chi connectivity index (χ0) is 21.1. The van der Waals surface area contributed by atoms with E-state index in [2.05, 4.69) is 20.4 Å². The average molecular weight is 427 g/mol. The van der Waals surface area contributed by atoms with Gasteiger partial charge in [-0.2, -0.15) is 5.10 Å². The lowest BCUT2D eigenvalue weighted by atomic mass is 10.1. The molecule has 1 fully saturated rings. The lowest BCUT2D eigenvalue weighted by molar-refractivity contribution is -0.139. The van der Waals surface area contributed by atoms with Crippen molar-refractivity contribution < 1.29 is 9.53 Å². The summed E-state index contributed by atoms with van der Waals surface area (Å²) in [6, 6.07) is 5.91. The summed E-state index contributed by atoms with van der Waals surface area (Å²) in [5, 5.41) is 10.4. The smallest absolute Gasteiger partial charge is 0.224 e. The Morgan fingerprint density at radius 2 is 2.13 bits per heavy atom. The monoisotopic (exact) mass is 426 g/mol. The third-order valence-electron chi connectivity index (χ3n) is 5.06. The SMILES string of the molecule is Cc1cc(Nc2nc(C)cs2)cc([C@H]2CN(C(=O)CCn3nccc3C)CCO2)n1. The minimum Gasteiger partial charge on any atom is -0.368 e. The molecular formula is C21H26N6O2S. The maximum atomic E-state index is 12.7. The van der Waals surface area contributed by atoms with E-state index in [-0.39, 0.29) is 12.0 Å². The van der Waals surface area contributed by atoms with E-state index in [9.17, 15) is 4.79 Å². The first kappa shape index (κ1) is 20.5. The van der Waals surface area contributed by atoms with Crippen molar-refractivity contribution in [2.24, 2.45) is 0 Å². The number of rotatable bonds is 6. The minimum atomic E-state index is -0.243. The van der Waals surface area contributed by atoms with Crippen LogP contribution >= 0.6 is 11.3 Å². The molecule has 30 heavy (non-hydrogen) atoms. The molecule has 1 atom stereocenters. The Morgan fingerprint density at radius 1 is 1.27 bits per heavy atom. The van der Waals surface area contributed by atoms with E-state index in [1.165, 1.54) is 0 Å². The first-order valence-electron chi connectivity index (χ1n) is 10.0. The third kappa shape index (κ3) is 4.85. The number of carbonyl (C=O) groups excluding carboxylic acids is 1. The number of amides is 1. The highest BCUT2D eigenvalue weighted by molar-refractivity contribution is 7.13. The fourth-order valence-corrected chi connectivity index (χ4v) is 4.22. The van der Waals surface area contributed by atoms with Crippen molar-refractivity contribution in [3.8, 4) is 0 Å². The highest BCUT2D eigenvalue weighted by atomic mass is 32.1. The fourth-order valence-electron chi connectivity index (χ4n) is 3.51. The number of nitrogens with one attached hydrogen (secondary N) is 1. The third-order valence-corrected chi connectivity index (χ3v) is 5.93. The van der Waals surface area contributed by atoms with E-state index < -0.39 is 0 Å². The van der Waals surface area contributed by atoms with Crippen LogP contribution in [0.5, 0.6) is 0 Å². The van der Waals surface area contributed by atoms with Crippen molar-refractivity contribution in [2.45, 2.75) is 39.8 Å². The average Bonchev–Trinajstić information content (AvgIpc) is 3.33. The van der Waals surface area contributed by atoms with Crippen LogP contribution in [0.25, 0.3) is 0 Å². The van der Waals surface area contributed by atoms with Gasteiger partial charge in [0, 0.05) is 48.2 Å². The van der Waals surface area contributed by atoms with Gasteiger partial charge in [-0.25, -0.2) is 4.98 Å². The Balaban J connectivity index is 1.42. The number of aryl methyl sites for hydroxylation is 4. The number of aromatic nitrogens is 4. The molecule has 0 unspecified atom stereocenters. The fraction of sp³-hybridized carbons (Fsp3) is 0.429. The van der Waals surface area contributed by atoms with Gasteiger partial charge in [0.05, 0.1) is 24.5 Å². The summed E-state index contributed by atoms with van der Waals surface area (Å²) in [7, 11) is 0. The van der Waals surface area contributed by atoms with E-state index in [1.54, 1.807) is 17.5 Å². The van der Waals surface area contributed by atoms with E-state index in [1.807, 2.05) is 53.9 Å². The van der Waals surface area contributed by atoms with Gasteiger partial charge in [0.25, 0.3) is 0 Å². The molecule has 158 valence electrons. The lowest BCUT2D eigenvalue weighted by Gasteiger charge is -2.33. The molecule has 0 saturated carbocycles. The van der Waals surface area contributed by atoms with Crippen LogP contribution in [0.4, 0.5) is 10.8 Å². The molecule has 9 heteroatoms. The van der Waals surface area contributed by atoms with Crippen LogP contribution in [0, 0.1) is 20.8 Å². The Bertz CT molecular complexity index is 1030. The van der Waals surface area contributed by atoms with Crippen LogP contribution in [0.3, 0.4) is 0 Å². The van der Waals surface area contributed by atoms with Crippen molar-refractivity contribution >= 4 is 28.1 Å². The molecule has 0 bridgehead atoms. The standard InChI is InChI=1S/C21H26N6O2S/c1-14-10-17(25-21-24-15(2)13-30-21)11-18(23-14)19-12-26(8-9-29-19)20(28)5-7-27-16(3)4-6-22-27/h4,6,10-11,13,19H,5,7-9,12H2,1-3H3,(H,23,24,25)/t19-/m1/s1. The van der Waals surface area contributed by atoms with Gasteiger partial charge in [0.1, 0.15) is 6.10 Å². The van der Waals surface area contributed by atoms with Gasteiger partial charge in [0.2, 0.25) is 5.91 Å². The Hall–Kier alpha value is -2.78. The molecule has 1 aliphatic heterocycles. The normalized spacial score (nSPS) is 16.6. The van der Waals surface area contributed by atoms with Crippen molar-refractivity contribution in [1.82, 2.24) is 24.6 Å². The Labute approximate surface area is 179 Å². The molecule has 0 aromatic carbocycles. The quantitative estimate of drug-likeness (QED) is 0.650. The summed E-state index contributed by atoms with van der Waals surface area (Å²) in [4.78, 5) is 23.7. The number of morpholine rings is 1. The van der Waals surface area contributed by atoms with Crippen LogP contribution in [-0.2, 0) is 16.1 Å². The molecule has 3 aromatic heterocycles. The second-order valence-corrected chi connectivity index (χ2v) is 8.34. The predicted molar refractivity (Wildman–Crippen MR) is 116 cm³/mol. The molecule has 1 amide bonds. The maximum Gasteiger partial charge on any atom is 0.224 e. The molecule has 0 spiro atoms. The Morgan fingerprint density at radius 3 is 2.87 bits per heavy atom. The van der Waals surface area contributed by atoms with Crippen molar-refractivity contribution in [3.05, 3.63) is 52.6 Å². The number of anilines is 2. The zero-order valence-corrected chi connectivity index (χ0v) is 18.3. The summed E-state index contributed by atoms with van der Waals surface area (Å²) in [6.45, 7) is 8.11. The lowest BCUT2D eigenvalue weighted by Crippen LogP contribution is -2.42. The maximum absolute atomic E-state index is 12.7. The van der Waals surface area contributed by atoms with Gasteiger partial charge in [0.15, 0.2) is 5.13 Å². The summed E-state index contributed by atoms with van der Waals surface area (Å²) in [5.74, 6) is 0.113. The van der Waals surface area contributed by atoms with E-state index in [0.29, 0.717) is 32.7 Å². The number of pyridine rings is 1. The van der Waals surface area contributed by atoms with E-state index in [4.69, 9.17) is 4.74 Å². The second-order valence-electron chi connectivity index (χ2n) is 7.49. The van der Waals surface area contributed by atoms with E-state index >= 15 is 0 Å². The minimum absolute atomic E-state index is 0.113. The molecule has 4 heterocycles. The van der Waals surface area contributed by atoms with Crippen LogP contribution in [0.15, 0.2) is 29.8 Å². The van der Waals surface area contributed by atoms with Gasteiger partial charge >= 0.3 is 0 Å². The molecule has 4 rings (SSSR count). The van der Waals surface area contributed by atoms with Gasteiger partial charge in [-0.3, -0.25) is 14.5 Å². The molecule has 1 N–H and O–H groups in total. The summed E-state index contributed by atoms with van der Waals surface area (Å²) < 4.78 is 7.82. The largest absolute Gasteiger partial charge is 0.368 e. The topological polar surface area (TPSA) is 85.2 Å². The number of hydrogen-bond acceptors (Lipinski definition) is 7. The van der Waals surface area contributed by atoms with Crippen molar-refractivity contribution in [2.75, 3.05) is 25.0 Å². The number of carbonyl (C=O) groups is 1. The van der Waals surface area contributed by atoms with Crippen LogP contribution < -0.4 is 5.32 Å². The first-order valence-corrected chi connectivity index (χ1v) is 10.9. The van der Waals surface area contributed by atoms with Gasteiger partial charge in [-0.05, 0) is 39.0 Å². The van der Waals surface area contributed by atoms with Gasteiger partial charge in [-0.15, -0.1) is 11.3 Å². The molecule has 0 aliphatic carbocycles. The number of nitrogens with zero attached hydrogens (tertiary/aromatic N) is 5. The Kier molecular flexibility index (Phi) is 6.10. The highest BCUT2D eigenvalue weighted by Crippen LogP contribution is 2.27. The zero-order valence-electron chi connectivity index (χ0n) is 17.5.